The van der Waals surface area contributed by atoms with Crippen LogP contribution in [0.1, 0.15) is 19.4 Å². The number of rotatable bonds is 7. The highest BCUT2D eigenvalue weighted by Crippen LogP contribution is 2.32. The molecule has 1 rings (SSSR count). The molecule has 0 heterocycles. The number of benzene rings is 1. The van der Waals surface area contributed by atoms with Gasteiger partial charge in [-0.2, -0.15) is 0 Å². The summed E-state index contributed by atoms with van der Waals surface area (Å²) in [7, 11) is 0. The zero-order valence-electron chi connectivity index (χ0n) is 10.7. The summed E-state index contributed by atoms with van der Waals surface area (Å²) in [6.07, 6.45) is -1.96. The van der Waals surface area contributed by atoms with Gasteiger partial charge in [-0.05, 0) is 31.9 Å². The summed E-state index contributed by atoms with van der Waals surface area (Å²) < 4.78 is 35.0. The molecule has 0 aliphatic rings. The lowest BCUT2D eigenvalue weighted by molar-refractivity contribution is 0.0795. The molecule has 0 radical (unpaired) electrons. The van der Waals surface area contributed by atoms with Crippen LogP contribution in [0, 0.1) is 0 Å². The van der Waals surface area contributed by atoms with Gasteiger partial charge in [-0.1, -0.05) is 12.1 Å². The Hall–Kier alpha value is -1.36. The van der Waals surface area contributed by atoms with E-state index in [0.29, 0.717) is 24.5 Å². The topological polar surface area (TPSA) is 44.5 Å². The summed E-state index contributed by atoms with van der Waals surface area (Å²) >= 11 is 0. The van der Waals surface area contributed by atoms with Crippen molar-refractivity contribution in [2.75, 3.05) is 13.2 Å². The minimum Gasteiger partial charge on any atom is -0.490 e. The summed E-state index contributed by atoms with van der Waals surface area (Å²) in [5.41, 5.74) is 6.52. The number of nitrogens with two attached hydrogens (primary N) is 1. The van der Waals surface area contributed by atoms with Gasteiger partial charge in [0.1, 0.15) is 6.61 Å². The Bertz CT molecular complexity index is 370. The van der Waals surface area contributed by atoms with Crippen LogP contribution in [0.5, 0.6) is 11.5 Å². The molecule has 3 nitrogen and oxygen atoms in total. The molecule has 1 atom stereocenters. The molecule has 0 aliphatic carbocycles. The number of hydrogen-bond acceptors (Lipinski definition) is 3. The maximum atomic E-state index is 12.2. The van der Waals surface area contributed by atoms with Crippen LogP contribution in [-0.4, -0.2) is 25.7 Å². The van der Waals surface area contributed by atoms with Crippen molar-refractivity contribution in [3.05, 3.63) is 23.8 Å². The summed E-state index contributed by atoms with van der Waals surface area (Å²) in [6.45, 7) is 3.49. The number of halogens is 2. The average molecular weight is 259 g/mol. The predicted molar refractivity (Wildman–Crippen MR) is 66.5 cm³/mol. The zero-order valence-corrected chi connectivity index (χ0v) is 10.7. The molecule has 5 heteroatoms. The minimum atomic E-state index is -2.51. The van der Waals surface area contributed by atoms with E-state index < -0.39 is 13.0 Å². The Kier molecular flexibility index (Phi) is 5.85. The van der Waals surface area contributed by atoms with E-state index in [-0.39, 0.29) is 6.04 Å². The molecule has 0 aliphatic heterocycles. The molecule has 1 aromatic rings. The molecule has 18 heavy (non-hydrogen) atoms. The van der Waals surface area contributed by atoms with Crippen molar-refractivity contribution < 1.29 is 18.3 Å². The highest BCUT2D eigenvalue weighted by molar-refractivity contribution is 5.47. The van der Waals surface area contributed by atoms with Gasteiger partial charge in [0.15, 0.2) is 11.5 Å². The largest absolute Gasteiger partial charge is 0.490 e. The van der Waals surface area contributed by atoms with Gasteiger partial charge in [-0.3, -0.25) is 0 Å². The van der Waals surface area contributed by atoms with Crippen LogP contribution in [-0.2, 0) is 6.42 Å². The Morgan fingerprint density at radius 1 is 1.28 bits per heavy atom. The quantitative estimate of drug-likeness (QED) is 0.818. The molecule has 0 aromatic heterocycles. The van der Waals surface area contributed by atoms with E-state index in [1.54, 1.807) is 12.1 Å². The number of para-hydroxylation sites is 1. The van der Waals surface area contributed by atoms with Crippen molar-refractivity contribution in [1.29, 1.82) is 0 Å². The summed E-state index contributed by atoms with van der Waals surface area (Å²) in [6, 6.07) is 5.25. The van der Waals surface area contributed by atoms with Crippen LogP contribution in [0.4, 0.5) is 8.78 Å². The molecule has 102 valence electrons. The van der Waals surface area contributed by atoms with Crippen LogP contribution < -0.4 is 15.2 Å². The molecule has 1 aromatic carbocycles. The normalized spacial score (nSPS) is 12.6. The fourth-order valence-electron chi connectivity index (χ4n) is 1.65. The molecule has 0 amide bonds. The van der Waals surface area contributed by atoms with Crippen molar-refractivity contribution in [3.8, 4) is 11.5 Å². The van der Waals surface area contributed by atoms with Gasteiger partial charge in [0.25, 0.3) is 6.43 Å². The minimum absolute atomic E-state index is 0.0734. The third-order valence-corrected chi connectivity index (χ3v) is 2.26. The molecule has 2 N–H and O–H groups in total. The maximum Gasteiger partial charge on any atom is 0.272 e. The van der Waals surface area contributed by atoms with Crippen LogP contribution >= 0.6 is 0 Å². The average Bonchev–Trinajstić information content (AvgIpc) is 2.27. The van der Waals surface area contributed by atoms with Gasteiger partial charge in [0.05, 0.1) is 6.61 Å². The van der Waals surface area contributed by atoms with E-state index in [2.05, 4.69) is 0 Å². The molecule has 0 spiro atoms. The van der Waals surface area contributed by atoms with Gasteiger partial charge >= 0.3 is 0 Å². The lowest BCUT2D eigenvalue weighted by atomic mass is 10.1. The van der Waals surface area contributed by atoms with Crippen LogP contribution in [0.2, 0.25) is 0 Å². The van der Waals surface area contributed by atoms with Crippen molar-refractivity contribution in [2.24, 2.45) is 5.73 Å². The monoisotopic (exact) mass is 259 g/mol. The SMILES string of the molecule is CCOc1cccc(CC(C)N)c1OCC(F)F. The smallest absolute Gasteiger partial charge is 0.272 e. The second-order valence-electron chi connectivity index (χ2n) is 4.06. The number of ether oxygens (including phenoxy) is 2. The predicted octanol–water partition coefficient (Wildman–Crippen LogP) is 2.62. The Balaban J connectivity index is 2.96. The van der Waals surface area contributed by atoms with Gasteiger partial charge in [-0.15, -0.1) is 0 Å². The first-order valence-corrected chi connectivity index (χ1v) is 5.95. The first-order chi connectivity index (χ1) is 8.54. The first-order valence-electron chi connectivity index (χ1n) is 5.95. The highest BCUT2D eigenvalue weighted by atomic mass is 19.3. The van der Waals surface area contributed by atoms with Crippen molar-refractivity contribution in [2.45, 2.75) is 32.7 Å². The lowest BCUT2D eigenvalue weighted by Gasteiger charge is -2.16. The van der Waals surface area contributed by atoms with E-state index in [1.165, 1.54) is 0 Å². The first kappa shape index (κ1) is 14.7. The van der Waals surface area contributed by atoms with Crippen LogP contribution in [0.15, 0.2) is 18.2 Å². The third-order valence-electron chi connectivity index (χ3n) is 2.26. The fraction of sp³-hybridized carbons (Fsp3) is 0.538. The molecular weight excluding hydrogens is 240 g/mol. The van der Waals surface area contributed by atoms with Gasteiger partial charge in [0, 0.05) is 6.04 Å². The van der Waals surface area contributed by atoms with Crippen molar-refractivity contribution >= 4 is 0 Å². The Labute approximate surface area is 106 Å². The standard InChI is InChI=1S/C13H19F2NO2/c1-3-17-11-6-4-5-10(7-9(2)16)13(11)18-8-12(14)15/h4-6,9,12H,3,7-8,16H2,1-2H3. The fourth-order valence-corrected chi connectivity index (χ4v) is 1.65. The molecular formula is C13H19F2NO2. The third kappa shape index (κ3) is 4.49. The van der Waals surface area contributed by atoms with Crippen LogP contribution in [0.25, 0.3) is 0 Å². The molecule has 0 saturated carbocycles. The van der Waals surface area contributed by atoms with Gasteiger partial charge in [0.2, 0.25) is 0 Å². The Morgan fingerprint density at radius 2 is 2.00 bits per heavy atom. The molecule has 0 bridgehead atoms. The summed E-state index contributed by atoms with van der Waals surface area (Å²) in [5, 5.41) is 0. The Morgan fingerprint density at radius 3 is 2.56 bits per heavy atom. The van der Waals surface area contributed by atoms with Crippen LogP contribution in [0.3, 0.4) is 0 Å². The number of hydrogen-bond donors (Lipinski definition) is 1. The zero-order chi connectivity index (χ0) is 13.5. The second-order valence-corrected chi connectivity index (χ2v) is 4.06. The summed E-state index contributed by atoms with van der Waals surface area (Å²) in [5.74, 6) is 0.855. The number of alkyl halides is 2. The van der Waals surface area contributed by atoms with Gasteiger partial charge in [-0.25, -0.2) is 8.78 Å². The van der Waals surface area contributed by atoms with E-state index in [1.807, 2.05) is 19.9 Å². The van der Waals surface area contributed by atoms with E-state index in [4.69, 9.17) is 15.2 Å². The van der Waals surface area contributed by atoms with E-state index in [0.717, 1.165) is 5.56 Å². The van der Waals surface area contributed by atoms with E-state index in [9.17, 15) is 8.78 Å². The lowest BCUT2D eigenvalue weighted by Crippen LogP contribution is -2.19. The van der Waals surface area contributed by atoms with E-state index >= 15 is 0 Å². The molecule has 0 fully saturated rings. The molecule has 0 saturated heterocycles. The highest BCUT2D eigenvalue weighted by Gasteiger charge is 2.14. The van der Waals surface area contributed by atoms with Crippen molar-refractivity contribution in [3.63, 3.8) is 0 Å². The second kappa shape index (κ2) is 7.16. The maximum absolute atomic E-state index is 12.2. The summed E-state index contributed by atoms with van der Waals surface area (Å²) in [4.78, 5) is 0. The van der Waals surface area contributed by atoms with Crippen molar-refractivity contribution in [1.82, 2.24) is 0 Å². The van der Waals surface area contributed by atoms with Gasteiger partial charge < -0.3 is 15.2 Å². The molecule has 1 unspecified atom stereocenters.